The average Bonchev–Trinajstić information content (AvgIpc) is 2.67. The maximum absolute atomic E-state index is 12.9. The summed E-state index contributed by atoms with van der Waals surface area (Å²) < 4.78 is 17.7. The lowest BCUT2D eigenvalue weighted by molar-refractivity contribution is -0.00560. The van der Waals surface area contributed by atoms with Gasteiger partial charge in [-0.1, -0.05) is 26.8 Å². The number of fused-ring (bicyclic) bond motifs is 1. The van der Waals surface area contributed by atoms with Crippen LogP contribution in [-0.2, 0) is 26.9 Å². The molecule has 1 unspecified atom stereocenters. The molecule has 1 aromatic rings. The predicted octanol–water partition coefficient (Wildman–Crippen LogP) is 4.87. The molecular weight excluding hydrogens is 440 g/mol. The van der Waals surface area contributed by atoms with Gasteiger partial charge in [-0.2, -0.15) is 0 Å². The summed E-state index contributed by atoms with van der Waals surface area (Å²) in [4.78, 5) is 30.1. The molecule has 1 atom stereocenters. The second-order valence-electron chi connectivity index (χ2n) is 11.1. The molecule has 0 fully saturated rings. The zero-order valence-corrected chi connectivity index (χ0v) is 22.4. The van der Waals surface area contributed by atoms with Gasteiger partial charge in [0, 0.05) is 25.3 Å². The number of ether oxygens (including phenoxy) is 2. The van der Waals surface area contributed by atoms with Crippen LogP contribution < -0.4 is 0 Å². The van der Waals surface area contributed by atoms with E-state index in [1.54, 1.807) is 11.0 Å². The van der Waals surface area contributed by atoms with Crippen LogP contribution in [0.5, 0.6) is 0 Å². The van der Waals surface area contributed by atoms with Crippen LogP contribution in [0.4, 0.5) is 4.79 Å². The molecule has 1 aromatic heterocycles. The SMILES string of the molecule is CC(C)(C)OC(=O)N1Cc2ccc(C(=O)O)nc2CC1COCCCO[Si](C)(C)C(C)(C)C. The molecule has 2 rings (SSSR count). The van der Waals surface area contributed by atoms with Gasteiger partial charge in [0.05, 0.1) is 19.2 Å². The fraction of sp³-hybridized carbons (Fsp3) is 0.708. The van der Waals surface area contributed by atoms with E-state index in [4.69, 9.17) is 13.9 Å². The number of pyridine rings is 1. The number of rotatable bonds is 8. The average molecular weight is 481 g/mol. The van der Waals surface area contributed by atoms with Crippen molar-refractivity contribution in [3.8, 4) is 0 Å². The summed E-state index contributed by atoms with van der Waals surface area (Å²) in [7, 11) is -1.78. The van der Waals surface area contributed by atoms with Crippen molar-refractivity contribution in [3.63, 3.8) is 0 Å². The van der Waals surface area contributed by atoms with Crippen molar-refractivity contribution in [2.45, 2.75) is 90.7 Å². The van der Waals surface area contributed by atoms with Gasteiger partial charge in [-0.05, 0) is 57.0 Å². The molecule has 33 heavy (non-hydrogen) atoms. The highest BCUT2D eigenvalue weighted by molar-refractivity contribution is 6.74. The number of aromatic carboxylic acids is 1. The molecule has 2 heterocycles. The van der Waals surface area contributed by atoms with Crippen LogP contribution in [0.3, 0.4) is 0 Å². The number of carbonyl (C=O) groups is 2. The van der Waals surface area contributed by atoms with Crippen LogP contribution in [-0.4, -0.2) is 66.8 Å². The number of aromatic nitrogens is 1. The number of hydrogen-bond acceptors (Lipinski definition) is 6. The molecule has 186 valence electrons. The number of carboxylic acids is 1. The van der Waals surface area contributed by atoms with Crippen LogP contribution in [0.1, 0.15) is 69.7 Å². The summed E-state index contributed by atoms with van der Waals surface area (Å²) in [6.45, 7) is 18.4. The maximum Gasteiger partial charge on any atom is 0.410 e. The summed E-state index contributed by atoms with van der Waals surface area (Å²) in [5, 5.41) is 9.44. The molecule has 0 saturated carbocycles. The lowest BCUT2D eigenvalue weighted by atomic mass is 9.99. The fourth-order valence-corrected chi connectivity index (χ4v) is 4.31. The van der Waals surface area contributed by atoms with Gasteiger partial charge >= 0.3 is 12.1 Å². The minimum Gasteiger partial charge on any atom is -0.477 e. The second-order valence-corrected chi connectivity index (χ2v) is 15.9. The van der Waals surface area contributed by atoms with E-state index in [0.717, 1.165) is 12.0 Å². The first kappa shape index (κ1) is 27.3. The van der Waals surface area contributed by atoms with E-state index in [-0.39, 0.29) is 16.8 Å². The third-order valence-corrected chi connectivity index (χ3v) is 10.7. The molecule has 8 nitrogen and oxygen atoms in total. The van der Waals surface area contributed by atoms with Crippen molar-refractivity contribution in [2.75, 3.05) is 19.8 Å². The highest BCUT2D eigenvalue weighted by Crippen LogP contribution is 2.36. The van der Waals surface area contributed by atoms with Gasteiger partial charge in [0.15, 0.2) is 8.32 Å². The summed E-state index contributed by atoms with van der Waals surface area (Å²) in [5.74, 6) is -1.07. The molecule has 1 aliphatic rings. The van der Waals surface area contributed by atoms with Crippen molar-refractivity contribution >= 4 is 20.4 Å². The second kappa shape index (κ2) is 10.5. The van der Waals surface area contributed by atoms with Gasteiger partial charge in [-0.3, -0.25) is 4.90 Å². The molecular formula is C24H40N2O6Si. The Morgan fingerprint density at radius 1 is 1.15 bits per heavy atom. The van der Waals surface area contributed by atoms with E-state index < -0.39 is 26.0 Å². The van der Waals surface area contributed by atoms with Gasteiger partial charge in [-0.15, -0.1) is 0 Å². The molecule has 0 bridgehead atoms. The molecule has 1 N–H and O–H groups in total. The monoisotopic (exact) mass is 480 g/mol. The normalized spacial score (nSPS) is 17.0. The Bertz CT molecular complexity index is 844. The maximum atomic E-state index is 12.9. The van der Waals surface area contributed by atoms with Gasteiger partial charge in [-0.25, -0.2) is 14.6 Å². The van der Waals surface area contributed by atoms with E-state index in [1.807, 2.05) is 20.8 Å². The number of hydrogen-bond donors (Lipinski definition) is 1. The molecule has 1 aliphatic heterocycles. The Balaban J connectivity index is 2.01. The molecule has 1 amide bonds. The van der Waals surface area contributed by atoms with E-state index in [0.29, 0.717) is 38.5 Å². The standard InChI is InChI=1S/C24H40N2O6Si/c1-23(2,3)32-22(29)26-15-17-10-11-19(21(27)28)25-20(17)14-18(26)16-30-12-9-13-31-33(7,8)24(4,5)6/h10-11,18H,9,12-16H2,1-8H3,(H,27,28). The molecule has 0 aromatic carbocycles. The smallest absolute Gasteiger partial charge is 0.410 e. The van der Waals surface area contributed by atoms with Crippen LogP contribution in [0.25, 0.3) is 0 Å². The lowest BCUT2D eigenvalue weighted by Gasteiger charge is -2.37. The zero-order valence-electron chi connectivity index (χ0n) is 21.4. The van der Waals surface area contributed by atoms with Gasteiger partial charge < -0.3 is 19.0 Å². The third-order valence-electron chi connectivity index (χ3n) is 6.14. The van der Waals surface area contributed by atoms with E-state index in [9.17, 15) is 14.7 Å². The summed E-state index contributed by atoms with van der Waals surface area (Å²) in [6, 6.07) is 2.90. The predicted molar refractivity (Wildman–Crippen MR) is 129 cm³/mol. The van der Waals surface area contributed by atoms with Crippen LogP contribution in [0.15, 0.2) is 12.1 Å². The Morgan fingerprint density at radius 2 is 1.82 bits per heavy atom. The summed E-state index contributed by atoms with van der Waals surface area (Å²) in [6.07, 6.45) is 0.769. The van der Waals surface area contributed by atoms with Gasteiger partial charge in [0.25, 0.3) is 0 Å². The van der Waals surface area contributed by atoms with Crippen LogP contribution in [0.2, 0.25) is 18.1 Å². The van der Waals surface area contributed by atoms with Crippen molar-refractivity contribution in [1.29, 1.82) is 0 Å². The first-order valence-corrected chi connectivity index (χ1v) is 14.4. The number of carboxylic acid groups (broad SMARTS) is 1. The van der Waals surface area contributed by atoms with E-state index in [2.05, 4.69) is 38.8 Å². The lowest BCUT2D eigenvalue weighted by Crippen LogP contribution is -2.49. The largest absolute Gasteiger partial charge is 0.477 e. The quantitative estimate of drug-likeness (QED) is 0.419. The minimum atomic E-state index is -1.78. The Morgan fingerprint density at radius 3 is 2.39 bits per heavy atom. The first-order chi connectivity index (χ1) is 15.1. The van der Waals surface area contributed by atoms with Crippen LogP contribution in [0, 0.1) is 0 Å². The van der Waals surface area contributed by atoms with Crippen molar-refractivity contribution in [2.24, 2.45) is 0 Å². The first-order valence-electron chi connectivity index (χ1n) is 11.5. The molecule has 9 heteroatoms. The molecule has 0 aliphatic carbocycles. The third kappa shape index (κ3) is 7.79. The molecule has 0 radical (unpaired) electrons. The zero-order chi connectivity index (χ0) is 25.0. The fourth-order valence-electron chi connectivity index (χ4n) is 3.22. The minimum absolute atomic E-state index is 0.00177. The highest BCUT2D eigenvalue weighted by Gasteiger charge is 2.37. The Kier molecular flexibility index (Phi) is 8.70. The van der Waals surface area contributed by atoms with E-state index in [1.165, 1.54) is 6.07 Å². The van der Waals surface area contributed by atoms with Gasteiger partial charge in [0.2, 0.25) is 0 Å². The summed E-state index contributed by atoms with van der Waals surface area (Å²) in [5.41, 5.74) is 0.895. The number of nitrogens with zero attached hydrogens (tertiary/aromatic N) is 2. The molecule has 0 spiro atoms. The van der Waals surface area contributed by atoms with Crippen molar-refractivity contribution < 1.29 is 28.6 Å². The highest BCUT2D eigenvalue weighted by atomic mass is 28.4. The molecule has 0 saturated heterocycles. The number of carbonyl (C=O) groups excluding carboxylic acids is 1. The van der Waals surface area contributed by atoms with Crippen molar-refractivity contribution in [3.05, 3.63) is 29.1 Å². The topological polar surface area (TPSA) is 98.2 Å². The summed E-state index contributed by atoms with van der Waals surface area (Å²) >= 11 is 0. The van der Waals surface area contributed by atoms with Crippen LogP contribution >= 0.6 is 0 Å². The number of amides is 1. The van der Waals surface area contributed by atoms with E-state index >= 15 is 0 Å². The van der Waals surface area contributed by atoms with Gasteiger partial charge in [0.1, 0.15) is 11.3 Å². The van der Waals surface area contributed by atoms with Crippen molar-refractivity contribution in [1.82, 2.24) is 9.88 Å². The Hall–Kier alpha value is -1.97. The Labute approximate surface area is 198 Å².